The smallest absolute Gasteiger partial charge is 0.262 e. The van der Waals surface area contributed by atoms with Gasteiger partial charge >= 0.3 is 0 Å². The molecule has 3 aromatic carbocycles. The maximum Gasteiger partial charge on any atom is 0.262 e. The summed E-state index contributed by atoms with van der Waals surface area (Å²) in [6, 6.07) is 18.7. The Balaban J connectivity index is 0.811. The monoisotopic (exact) mass is 758 g/mol. The SMILES string of the molecule is [C-]#[N+]c1ccc(-c2nn(Cc3ccc(N4CCN(CC5CCN(c6ccc7c(c6)C(=O)N(C6CCC(=O)NC6=O)C7=O)CC5)CC4)cc3)c(C)c2C)cc1Cl. The number of nitrogens with one attached hydrogen (secondary N) is 1. The van der Waals surface area contributed by atoms with Crippen LogP contribution in [-0.4, -0.2) is 95.1 Å². The Kier molecular flexibility index (Phi) is 9.92. The molecule has 8 rings (SSSR count). The molecule has 0 radical (unpaired) electrons. The lowest BCUT2D eigenvalue weighted by Crippen LogP contribution is -2.54. The molecule has 12 nitrogen and oxygen atoms in total. The van der Waals surface area contributed by atoms with Crippen LogP contribution in [0.2, 0.25) is 5.02 Å². The van der Waals surface area contributed by atoms with Crippen LogP contribution in [0.25, 0.3) is 16.1 Å². The number of anilines is 2. The molecular weight excluding hydrogens is 716 g/mol. The molecule has 4 aliphatic rings. The van der Waals surface area contributed by atoms with Crippen molar-refractivity contribution in [3.63, 3.8) is 0 Å². The van der Waals surface area contributed by atoms with Crippen molar-refractivity contribution in [2.24, 2.45) is 5.92 Å². The Morgan fingerprint density at radius 1 is 0.818 bits per heavy atom. The van der Waals surface area contributed by atoms with Gasteiger partial charge in [0.05, 0.1) is 29.9 Å². The van der Waals surface area contributed by atoms with Crippen LogP contribution in [0.1, 0.15) is 63.2 Å². The Labute approximate surface area is 325 Å². The summed E-state index contributed by atoms with van der Waals surface area (Å²) in [6.45, 7) is 18.9. The molecule has 55 heavy (non-hydrogen) atoms. The van der Waals surface area contributed by atoms with E-state index in [4.69, 9.17) is 23.3 Å². The van der Waals surface area contributed by atoms with Gasteiger partial charge in [-0.2, -0.15) is 5.10 Å². The zero-order valence-electron chi connectivity index (χ0n) is 31.1. The topological polar surface area (TPSA) is 115 Å². The van der Waals surface area contributed by atoms with Gasteiger partial charge in [0.1, 0.15) is 6.04 Å². The number of rotatable bonds is 8. The van der Waals surface area contributed by atoms with Gasteiger partial charge in [0, 0.05) is 79.9 Å². The highest BCUT2D eigenvalue weighted by molar-refractivity contribution is 6.33. The normalized spacial score (nSPS) is 19.5. The van der Waals surface area contributed by atoms with Crippen LogP contribution in [-0.2, 0) is 16.1 Å². The number of hydrogen-bond acceptors (Lipinski definition) is 8. The molecule has 3 fully saturated rings. The number of benzene rings is 3. The molecule has 4 amide bonds. The molecular formula is C42H43ClN8O4. The number of amides is 4. The van der Waals surface area contributed by atoms with Crippen molar-refractivity contribution in [2.75, 3.05) is 55.6 Å². The van der Waals surface area contributed by atoms with Crippen molar-refractivity contribution in [3.05, 3.63) is 105 Å². The third-order valence-electron chi connectivity index (χ3n) is 11.8. The van der Waals surface area contributed by atoms with Crippen LogP contribution in [0, 0.1) is 26.3 Å². The second-order valence-corrected chi connectivity index (χ2v) is 15.5. The number of aromatic nitrogens is 2. The second-order valence-electron chi connectivity index (χ2n) is 15.1. The Morgan fingerprint density at radius 2 is 1.51 bits per heavy atom. The van der Waals surface area contributed by atoms with Gasteiger partial charge in [-0.15, -0.1) is 0 Å². The number of piperidine rings is 2. The summed E-state index contributed by atoms with van der Waals surface area (Å²) in [5.41, 5.74) is 8.40. The number of halogens is 1. The van der Waals surface area contributed by atoms with E-state index in [1.807, 2.05) is 22.9 Å². The average Bonchev–Trinajstić information content (AvgIpc) is 3.61. The fourth-order valence-electron chi connectivity index (χ4n) is 8.38. The van der Waals surface area contributed by atoms with Crippen LogP contribution in [0.15, 0.2) is 60.7 Å². The van der Waals surface area contributed by atoms with Crippen molar-refractivity contribution < 1.29 is 19.2 Å². The van der Waals surface area contributed by atoms with Crippen LogP contribution >= 0.6 is 11.6 Å². The summed E-state index contributed by atoms with van der Waals surface area (Å²) in [5.74, 6) is -1.34. The van der Waals surface area contributed by atoms with Crippen molar-refractivity contribution in [1.29, 1.82) is 0 Å². The lowest BCUT2D eigenvalue weighted by Gasteiger charge is -2.40. The fraction of sp³-hybridized carbons (Fsp3) is 0.381. The third-order valence-corrected chi connectivity index (χ3v) is 12.1. The highest BCUT2D eigenvalue weighted by Crippen LogP contribution is 2.34. The number of fused-ring (bicyclic) bond motifs is 1. The van der Waals surface area contributed by atoms with Crippen molar-refractivity contribution in [3.8, 4) is 11.3 Å². The molecule has 3 saturated heterocycles. The number of carbonyl (C=O) groups excluding carboxylic acids is 4. The van der Waals surface area contributed by atoms with E-state index in [2.05, 4.69) is 63.0 Å². The lowest BCUT2D eigenvalue weighted by atomic mass is 9.95. The molecule has 13 heteroatoms. The van der Waals surface area contributed by atoms with E-state index >= 15 is 0 Å². The molecule has 1 aromatic heterocycles. The minimum atomic E-state index is -0.960. The first-order valence-electron chi connectivity index (χ1n) is 19.0. The third kappa shape index (κ3) is 7.10. The van der Waals surface area contributed by atoms with Crippen LogP contribution < -0.4 is 15.1 Å². The van der Waals surface area contributed by atoms with Crippen molar-refractivity contribution in [1.82, 2.24) is 24.9 Å². The van der Waals surface area contributed by atoms with E-state index in [9.17, 15) is 19.2 Å². The Bertz CT molecular complexity index is 2230. The standard InChI is InChI=1S/C42H43ClN8O4/c1-26-27(2)50(46-39(26)30-6-11-36(44-3)35(43)22-30)25-28-4-7-31(8-5-28)49-20-18-47(19-21-49)24-29-14-16-48(17-15-29)32-9-10-33-34(23-32)42(55)51(41(33)54)37-12-13-38(52)45-40(37)53/h4-11,22-23,29,37H,12-21,24-25H2,1-2H3,(H,45,52,53). The predicted octanol–water partition coefficient (Wildman–Crippen LogP) is 5.86. The molecule has 0 saturated carbocycles. The zero-order valence-corrected chi connectivity index (χ0v) is 31.8. The van der Waals surface area contributed by atoms with Gasteiger partial charge in [-0.25, -0.2) is 4.85 Å². The molecule has 4 aliphatic heterocycles. The van der Waals surface area contributed by atoms with Crippen LogP contribution in [0.5, 0.6) is 0 Å². The average molecular weight is 759 g/mol. The lowest BCUT2D eigenvalue weighted by molar-refractivity contribution is -0.136. The molecule has 0 bridgehead atoms. The number of carbonyl (C=O) groups is 4. The first kappa shape index (κ1) is 36.5. The summed E-state index contributed by atoms with van der Waals surface area (Å²) in [6.07, 6.45) is 2.35. The molecule has 4 aromatic rings. The number of piperazine rings is 1. The second kappa shape index (κ2) is 15.0. The largest absolute Gasteiger partial charge is 0.371 e. The molecule has 5 heterocycles. The number of nitrogens with zero attached hydrogens (tertiary/aromatic N) is 7. The van der Waals surface area contributed by atoms with Crippen LogP contribution in [0.3, 0.4) is 0 Å². The maximum absolute atomic E-state index is 13.3. The summed E-state index contributed by atoms with van der Waals surface area (Å²) in [4.78, 5) is 62.3. The first-order valence-corrected chi connectivity index (χ1v) is 19.3. The van der Waals surface area contributed by atoms with Crippen molar-refractivity contribution in [2.45, 2.75) is 52.1 Å². The molecule has 0 aliphatic carbocycles. The van der Waals surface area contributed by atoms with E-state index < -0.39 is 23.8 Å². The van der Waals surface area contributed by atoms with Gasteiger partial charge in [0.2, 0.25) is 17.5 Å². The summed E-state index contributed by atoms with van der Waals surface area (Å²) in [5, 5.41) is 7.61. The van der Waals surface area contributed by atoms with Gasteiger partial charge in [-0.3, -0.25) is 39.0 Å². The van der Waals surface area contributed by atoms with E-state index in [0.717, 1.165) is 91.8 Å². The Morgan fingerprint density at radius 3 is 2.20 bits per heavy atom. The van der Waals surface area contributed by atoms with E-state index in [0.29, 0.717) is 34.3 Å². The Hall–Kier alpha value is -5.51. The maximum atomic E-state index is 13.3. The molecule has 1 unspecified atom stereocenters. The molecule has 0 spiro atoms. The quantitative estimate of drug-likeness (QED) is 0.176. The summed E-state index contributed by atoms with van der Waals surface area (Å²) < 4.78 is 2.04. The van der Waals surface area contributed by atoms with Crippen molar-refractivity contribution >= 4 is 52.3 Å². The van der Waals surface area contributed by atoms with Gasteiger partial charge in [0.25, 0.3) is 11.8 Å². The molecule has 1 N–H and O–H groups in total. The zero-order chi connectivity index (χ0) is 38.4. The van der Waals surface area contributed by atoms with E-state index in [-0.39, 0.29) is 18.7 Å². The van der Waals surface area contributed by atoms with E-state index in [1.165, 1.54) is 11.3 Å². The molecule has 1 atom stereocenters. The van der Waals surface area contributed by atoms with Gasteiger partial charge in [-0.1, -0.05) is 35.9 Å². The number of hydrogen-bond donors (Lipinski definition) is 1. The summed E-state index contributed by atoms with van der Waals surface area (Å²) >= 11 is 6.32. The van der Waals surface area contributed by atoms with Crippen LogP contribution in [0.4, 0.5) is 17.1 Å². The highest BCUT2D eigenvalue weighted by atomic mass is 35.5. The number of imide groups is 2. The van der Waals surface area contributed by atoms with E-state index in [1.54, 1.807) is 18.2 Å². The van der Waals surface area contributed by atoms with Gasteiger partial charge < -0.3 is 9.80 Å². The highest BCUT2D eigenvalue weighted by Gasteiger charge is 2.45. The minimum absolute atomic E-state index is 0.102. The fourth-order valence-corrected chi connectivity index (χ4v) is 8.60. The first-order chi connectivity index (χ1) is 26.6. The van der Waals surface area contributed by atoms with Gasteiger partial charge in [0.15, 0.2) is 0 Å². The summed E-state index contributed by atoms with van der Waals surface area (Å²) in [7, 11) is 0. The molecule has 282 valence electrons. The predicted molar refractivity (Wildman–Crippen MR) is 211 cm³/mol. The minimum Gasteiger partial charge on any atom is -0.371 e. The van der Waals surface area contributed by atoms with Gasteiger partial charge in [-0.05, 0) is 86.6 Å².